The number of halogens is 1. The van der Waals surface area contributed by atoms with E-state index in [0.717, 1.165) is 0 Å². The molecule has 0 fully saturated rings. The number of aliphatic imine (C=N–C) groups is 1. The number of ether oxygens (including phenoxy) is 2. The lowest BCUT2D eigenvalue weighted by Crippen LogP contribution is -2.10. The highest BCUT2D eigenvalue weighted by atomic mass is 35.5. The van der Waals surface area contributed by atoms with E-state index in [9.17, 15) is 13.2 Å². The van der Waals surface area contributed by atoms with E-state index in [0.29, 0.717) is 16.1 Å². The van der Waals surface area contributed by atoms with Gasteiger partial charge in [0, 0.05) is 0 Å². The smallest absolute Gasteiger partial charge is 0.363 e. The second-order valence-electron chi connectivity index (χ2n) is 6.58. The fraction of sp³-hybridized carbons (Fsp3) is 0.0435. The van der Waals surface area contributed by atoms with Gasteiger partial charge in [-0.2, -0.15) is 8.42 Å². The Kier molecular flexibility index (Phi) is 5.98. The predicted octanol–water partition coefficient (Wildman–Crippen LogP) is 4.46. The Morgan fingerprint density at radius 3 is 2.41 bits per heavy atom. The van der Waals surface area contributed by atoms with E-state index in [-0.39, 0.29) is 28.0 Å². The summed E-state index contributed by atoms with van der Waals surface area (Å²) < 4.78 is 40.7. The molecule has 0 unspecified atom stereocenters. The molecule has 1 aliphatic rings. The van der Waals surface area contributed by atoms with Crippen molar-refractivity contribution in [3.63, 3.8) is 0 Å². The number of carbonyl (C=O) groups is 1. The Bertz CT molecular complexity index is 1350. The molecule has 0 aromatic heterocycles. The lowest BCUT2D eigenvalue weighted by molar-refractivity contribution is -0.129. The van der Waals surface area contributed by atoms with E-state index in [1.54, 1.807) is 48.5 Å². The van der Waals surface area contributed by atoms with Crippen LogP contribution in [0.1, 0.15) is 11.1 Å². The van der Waals surface area contributed by atoms with Crippen molar-refractivity contribution in [2.24, 2.45) is 4.99 Å². The summed E-state index contributed by atoms with van der Waals surface area (Å²) in [7, 11) is -2.66. The van der Waals surface area contributed by atoms with E-state index in [1.165, 1.54) is 37.5 Å². The van der Waals surface area contributed by atoms with Crippen molar-refractivity contribution in [2.45, 2.75) is 4.90 Å². The number of hydrogen-bond donors (Lipinski definition) is 0. The molecule has 0 spiro atoms. The molecule has 7 nitrogen and oxygen atoms in total. The molecular weight excluding hydrogens is 454 g/mol. The predicted molar refractivity (Wildman–Crippen MR) is 119 cm³/mol. The van der Waals surface area contributed by atoms with Gasteiger partial charge in [-0.3, -0.25) is 0 Å². The Morgan fingerprint density at radius 2 is 1.69 bits per heavy atom. The van der Waals surface area contributed by atoms with Gasteiger partial charge in [-0.05, 0) is 48.0 Å². The summed E-state index contributed by atoms with van der Waals surface area (Å²) in [5, 5.41) is 0.406. The molecule has 9 heteroatoms. The highest BCUT2D eigenvalue weighted by molar-refractivity contribution is 7.87. The van der Waals surface area contributed by atoms with Crippen molar-refractivity contribution < 1.29 is 26.9 Å². The first-order chi connectivity index (χ1) is 15.4. The summed E-state index contributed by atoms with van der Waals surface area (Å²) in [5.74, 6) is -0.355. The van der Waals surface area contributed by atoms with E-state index in [2.05, 4.69) is 4.99 Å². The van der Waals surface area contributed by atoms with Crippen LogP contribution in [0.2, 0.25) is 5.02 Å². The third-order valence-corrected chi connectivity index (χ3v) is 6.03. The minimum Gasteiger partial charge on any atom is -0.493 e. The molecule has 0 saturated carbocycles. The number of carbonyl (C=O) groups excluding carboxylic acids is 1. The highest BCUT2D eigenvalue weighted by Gasteiger charge is 2.26. The largest absolute Gasteiger partial charge is 0.493 e. The number of benzene rings is 3. The summed E-state index contributed by atoms with van der Waals surface area (Å²) in [5.41, 5.74) is 1.09. The SMILES string of the molecule is COc1cc(/C=C2\N=C(c3ccccc3Cl)OC2=O)ccc1OS(=O)(=O)c1ccccc1. The molecule has 1 aliphatic heterocycles. The van der Waals surface area contributed by atoms with Gasteiger partial charge in [0.25, 0.3) is 0 Å². The van der Waals surface area contributed by atoms with E-state index >= 15 is 0 Å². The van der Waals surface area contributed by atoms with Crippen LogP contribution >= 0.6 is 11.6 Å². The number of cyclic esters (lactones) is 1. The summed E-state index contributed by atoms with van der Waals surface area (Å²) in [6, 6.07) is 19.2. The summed E-state index contributed by atoms with van der Waals surface area (Å²) in [6.45, 7) is 0. The lowest BCUT2D eigenvalue weighted by Gasteiger charge is -2.11. The molecule has 1 heterocycles. The first-order valence-corrected chi connectivity index (χ1v) is 11.1. The molecule has 0 N–H and O–H groups in total. The zero-order chi connectivity index (χ0) is 22.7. The van der Waals surface area contributed by atoms with Gasteiger partial charge in [-0.1, -0.05) is 48.0 Å². The van der Waals surface area contributed by atoms with Gasteiger partial charge < -0.3 is 13.7 Å². The fourth-order valence-electron chi connectivity index (χ4n) is 2.91. The van der Waals surface area contributed by atoms with E-state index < -0.39 is 16.1 Å². The summed E-state index contributed by atoms with van der Waals surface area (Å²) in [6.07, 6.45) is 1.49. The second kappa shape index (κ2) is 8.86. The maximum Gasteiger partial charge on any atom is 0.363 e. The molecule has 0 aliphatic carbocycles. The normalized spacial score (nSPS) is 14.8. The Hall–Kier alpha value is -3.62. The molecule has 162 valence electrons. The van der Waals surface area contributed by atoms with Crippen LogP contribution in [0.25, 0.3) is 6.08 Å². The minimum atomic E-state index is -4.04. The van der Waals surface area contributed by atoms with E-state index in [4.69, 9.17) is 25.3 Å². The van der Waals surface area contributed by atoms with Gasteiger partial charge >= 0.3 is 16.1 Å². The highest BCUT2D eigenvalue weighted by Crippen LogP contribution is 2.32. The number of nitrogens with zero attached hydrogens (tertiary/aromatic N) is 1. The molecule has 0 bridgehead atoms. The second-order valence-corrected chi connectivity index (χ2v) is 8.53. The maximum atomic E-state index is 12.5. The first kappa shape index (κ1) is 21.6. The van der Waals surface area contributed by atoms with Crippen LogP contribution in [-0.2, 0) is 19.6 Å². The molecule has 32 heavy (non-hydrogen) atoms. The number of methoxy groups -OCH3 is 1. The fourth-order valence-corrected chi connectivity index (χ4v) is 4.09. The van der Waals surface area contributed by atoms with Crippen LogP contribution in [0, 0.1) is 0 Å². The van der Waals surface area contributed by atoms with Crippen LogP contribution in [0.15, 0.2) is 88.4 Å². The average Bonchev–Trinajstić information content (AvgIpc) is 3.15. The van der Waals surface area contributed by atoms with Crippen LogP contribution in [0.5, 0.6) is 11.5 Å². The van der Waals surface area contributed by atoms with E-state index in [1.807, 2.05) is 0 Å². The van der Waals surface area contributed by atoms with Crippen molar-refractivity contribution in [2.75, 3.05) is 7.11 Å². The monoisotopic (exact) mass is 469 g/mol. The van der Waals surface area contributed by atoms with Crippen molar-refractivity contribution in [3.05, 3.63) is 94.6 Å². The standard InChI is InChI=1S/C23H16ClNO6S/c1-29-21-14-15(11-12-20(21)31-32(27,28)16-7-3-2-4-8-16)13-19-23(26)30-22(25-19)17-9-5-6-10-18(17)24/h2-14H,1H3/b19-13-. The molecule has 3 aromatic rings. The Balaban J connectivity index is 1.63. The van der Waals surface area contributed by atoms with Crippen molar-refractivity contribution >= 4 is 39.7 Å². The maximum absolute atomic E-state index is 12.5. The third kappa shape index (κ3) is 4.51. The Morgan fingerprint density at radius 1 is 0.969 bits per heavy atom. The van der Waals surface area contributed by atoms with Crippen molar-refractivity contribution in [1.29, 1.82) is 0 Å². The van der Waals surface area contributed by atoms with Gasteiger partial charge in [-0.15, -0.1) is 0 Å². The van der Waals surface area contributed by atoms with Crippen LogP contribution < -0.4 is 8.92 Å². The minimum absolute atomic E-state index is 0.00718. The zero-order valence-corrected chi connectivity index (χ0v) is 18.3. The topological polar surface area (TPSA) is 91.3 Å². The molecule has 0 saturated heterocycles. The van der Waals surface area contributed by atoms with Crippen LogP contribution in [0.3, 0.4) is 0 Å². The summed E-state index contributed by atoms with van der Waals surface area (Å²) in [4.78, 5) is 16.5. The Labute approximate surface area is 189 Å². The summed E-state index contributed by atoms with van der Waals surface area (Å²) >= 11 is 6.14. The number of rotatable bonds is 6. The average molecular weight is 470 g/mol. The molecule has 0 atom stereocenters. The molecular formula is C23H16ClNO6S. The van der Waals surface area contributed by atoms with Crippen molar-refractivity contribution in [1.82, 2.24) is 0 Å². The first-order valence-electron chi connectivity index (χ1n) is 9.32. The molecule has 0 amide bonds. The molecule has 4 rings (SSSR count). The lowest BCUT2D eigenvalue weighted by atomic mass is 10.1. The zero-order valence-electron chi connectivity index (χ0n) is 16.7. The number of esters is 1. The van der Waals surface area contributed by atoms with Crippen LogP contribution in [-0.4, -0.2) is 27.4 Å². The molecule has 0 radical (unpaired) electrons. The van der Waals surface area contributed by atoms with Gasteiger partial charge in [0.15, 0.2) is 17.2 Å². The van der Waals surface area contributed by atoms with Gasteiger partial charge in [-0.25, -0.2) is 9.79 Å². The third-order valence-electron chi connectivity index (χ3n) is 4.45. The van der Waals surface area contributed by atoms with Crippen LogP contribution in [0.4, 0.5) is 0 Å². The van der Waals surface area contributed by atoms with Crippen molar-refractivity contribution in [3.8, 4) is 11.5 Å². The van der Waals surface area contributed by atoms with Gasteiger partial charge in [0.2, 0.25) is 5.90 Å². The molecule has 3 aromatic carbocycles. The van der Waals surface area contributed by atoms with Gasteiger partial charge in [0.1, 0.15) is 4.90 Å². The van der Waals surface area contributed by atoms with Gasteiger partial charge in [0.05, 0.1) is 17.7 Å². The quantitative estimate of drug-likeness (QED) is 0.301. The number of hydrogen-bond acceptors (Lipinski definition) is 7.